The quantitative estimate of drug-likeness (QED) is 0.265. The molecule has 0 spiro atoms. The predicted molar refractivity (Wildman–Crippen MR) is 160 cm³/mol. The van der Waals surface area contributed by atoms with E-state index in [1.54, 1.807) is 0 Å². The minimum absolute atomic E-state index is 0.0663. The van der Waals surface area contributed by atoms with Crippen molar-refractivity contribution in [1.82, 2.24) is 20.9 Å². The van der Waals surface area contributed by atoms with Crippen molar-refractivity contribution in [2.24, 2.45) is 0 Å². The van der Waals surface area contributed by atoms with Gasteiger partial charge in [-0.15, -0.1) is 0 Å². The van der Waals surface area contributed by atoms with E-state index in [9.17, 15) is 24.0 Å². The lowest BCUT2D eigenvalue weighted by Gasteiger charge is -2.27. The standard InChI is InChI=1S/C33H36N4O6/c38-22-27(19-24-11-4-1-5-12-24)35-31(40)28(20-25-13-6-2-7-14-25)36-32(41)29-17-10-18-37(29)30(39)21-34-33(42)43-23-26-15-8-3-9-16-26/h1-9,11-16,22,27-29H,10,17-21,23H2,(H,34,42)(H,35,40)(H,36,41). The predicted octanol–water partition coefficient (Wildman–Crippen LogP) is 2.56. The minimum Gasteiger partial charge on any atom is -0.445 e. The summed E-state index contributed by atoms with van der Waals surface area (Å²) in [5.41, 5.74) is 2.53. The molecule has 3 aromatic carbocycles. The van der Waals surface area contributed by atoms with Gasteiger partial charge in [0.1, 0.15) is 31.5 Å². The molecule has 43 heavy (non-hydrogen) atoms. The summed E-state index contributed by atoms with van der Waals surface area (Å²) in [6.07, 6.45) is 1.47. The van der Waals surface area contributed by atoms with Crippen LogP contribution in [0.25, 0.3) is 0 Å². The summed E-state index contributed by atoms with van der Waals surface area (Å²) < 4.78 is 5.16. The molecule has 3 N–H and O–H groups in total. The van der Waals surface area contributed by atoms with Crippen LogP contribution in [0.5, 0.6) is 0 Å². The Morgan fingerprint density at radius 1 is 0.814 bits per heavy atom. The second-order valence-electron chi connectivity index (χ2n) is 10.4. The number of nitrogens with zero attached hydrogens (tertiary/aromatic N) is 1. The molecule has 4 rings (SSSR count). The molecule has 3 unspecified atom stereocenters. The molecule has 224 valence electrons. The zero-order valence-electron chi connectivity index (χ0n) is 23.8. The smallest absolute Gasteiger partial charge is 0.407 e. The lowest BCUT2D eigenvalue weighted by atomic mass is 10.0. The molecule has 10 nitrogen and oxygen atoms in total. The van der Waals surface area contributed by atoms with Gasteiger partial charge in [-0.3, -0.25) is 14.4 Å². The number of likely N-dealkylation sites (tertiary alicyclic amines) is 1. The Balaban J connectivity index is 1.35. The van der Waals surface area contributed by atoms with Crippen LogP contribution in [0.2, 0.25) is 0 Å². The lowest BCUT2D eigenvalue weighted by molar-refractivity contribution is -0.139. The van der Waals surface area contributed by atoms with Crippen molar-refractivity contribution < 1.29 is 28.7 Å². The molecule has 1 aliphatic rings. The van der Waals surface area contributed by atoms with Gasteiger partial charge in [0.15, 0.2) is 0 Å². The molecule has 1 saturated heterocycles. The van der Waals surface area contributed by atoms with Crippen molar-refractivity contribution in [2.45, 2.75) is 50.4 Å². The number of amides is 4. The first-order valence-corrected chi connectivity index (χ1v) is 14.3. The zero-order valence-corrected chi connectivity index (χ0v) is 23.8. The molecule has 0 radical (unpaired) electrons. The van der Waals surface area contributed by atoms with E-state index in [0.717, 1.165) is 16.7 Å². The fourth-order valence-electron chi connectivity index (χ4n) is 4.97. The summed E-state index contributed by atoms with van der Waals surface area (Å²) in [6, 6.07) is 25.2. The van der Waals surface area contributed by atoms with E-state index in [1.807, 2.05) is 91.0 Å². The van der Waals surface area contributed by atoms with Crippen LogP contribution in [0.4, 0.5) is 4.79 Å². The lowest BCUT2D eigenvalue weighted by Crippen LogP contribution is -2.56. The van der Waals surface area contributed by atoms with Gasteiger partial charge in [-0.1, -0.05) is 91.0 Å². The Morgan fingerprint density at radius 3 is 2.00 bits per heavy atom. The Hall–Kier alpha value is -4.99. The summed E-state index contributed by atoms with van der Waals surface area (Å²) in [6.45, 7) is 0.0835. The van der Waals surface area contributed by atoms with Crippen molar-refractivity contribution in [3.05, 3.63) is 108 Å². The van der Waals surface area contributed by atoms with Gasteiger partial charge in [0.25, 0.3) is 0 Å². The molecule has 0 saturated carbocycles. The second-order valence-corrected chi connectivity index (χ2v) is 10.4. The first-order chi connectivity index (χ1) is 20.9. The van der Waals surface area contributed by atoms with Crippen molar-refractivity contribution in [3.8, 4) is 0 Å². The molecule has 3 aromatic rings. The number of hydrogen-bond donors (Lipinski definition) is 3. The van der Waals surface area contributed by atoms with E-state index in [0.29, 0.717) is 32.1 Å². The molecule has 1 heterocycles. The van der Waals surface area contributed by atoms with Gasteiger partial charge in [0.2, 0.25) is 17.7 Å². The highest BCUT2D eigenvalue weighted by atomic mass is 16.5. The third-order valence-corrected chi connectivity index (χ3v) is 7.18. The summed E-state index contributed by atoms with van der Waals surface area (Å²) >= 11 is 0. The highest BCUT2D eigenvalue weighted by Gasteiger charge is 2.36. The fourth-order valence-corrected chi connectivity index (χ4v) is 4.97. The summed E-state index contributed by atoms with van der Waals surface area (Å²) in [4.78, 5) is 65.1. The van der Waals surface area contributed by atoms with Crippen LogP contribution in [0, 0.1) is 0 Å². The third-order valence-electron chi connectivity index (χ3n) is 7.18. The average Bonchev–Trinajstić information content (AvgIpc) is 3.54. The van der Waals surface area contributed by atoms with Gasteiger partial charge < -0.3 is 30.4 Å². The number of benzene rings is 3. The monoisotopic (exact) mass is 584 g/mol. The van der Waals surface area contributed by atoms with E-state index < -0.39 is 41.9 Å². The highest BCUT2D eigenvalue weighted by Crippen LogP contribution is 2.18. The maximum absolute atomic E-state index is 13.4. The molecular formula is C33H36N4O6. The SMILES string of the molecule is O=CC(Cc1ccccc1)NC(=O)C(Cc1ccccc1)NC(=O)C1CCCN1C(=O)CNC(=O)OCc1ccccc1. The number of alkyl carbamates (subject to hydrolysis) is 1. The van der Waals surface area contributed by atoms with Crippen molar-refractivity contribution >= 4 is 30.1 Å². The molecular weight excluding hydrogens is 548 g/mol. The van der Waals surface area contributed by atoms with Crippen LogP contribution in [-0.2, 0) is 43.4 Å². The van der Waals surface area contributed by atoms with E-state index >= 15 is 0 Å². The van der Waals surface area contributed by atoms with Gasteiger partial charge in [0, 0.05) is 13.0 Å². The number of rotatable bonds is 13. The Bertz CT molecular complexity index is 1370. The molecule has 0 aromatic heterocycles. The van der Waals surface area contributed by atoms with Gasteiger partial charge in [-0.25, -0.2) is 4.79 Å². The van der Waals surface area contributed by atoms with E-state index in [-0.39, 0.29) is 19.6 Å². The third kappa shape index (κ3) is 9.53. The van der Waals surface area contributed by atoms with Gasteiger partial charge >= 0.3 is 6.09 Å². The Labute approximate surface area is 250 Å². The van der Waals surface area contributed by atoms with Crippen LogP contribution in [0.15, 0.2) is 91.0 Å². The van der Waals surface area contributed by atoms with E-state index in [1.165, 1.54) is 4.90 Å². The number of aldehydes is 1. The first kappa shape index (κ1) is 31.0. The van der Waals surface area contributed by atoms with Crippen LogP contribution in [0.3, 0.4) is 0 Å². The normalized spacial score (nSPS) is 15.5. The molecule has 3 atom stereocenters. The zero-order chi connectivity index (χ0) is 30.4. The first-order valence-electron chi connectivity index (χ1n) is 14.3. The molecule has 4 amide bonds. The van der Waals surface area contributed by atoms with Crippen molar-refractivity contribution in [1.29, 1.82) is 0 Å². The van der Waals surface area contributed by atoms with Crippen LogP contribution < -0.4 is 16.0 Å². The minimum atomic E-state index is -0.975. The van der Waals surface area contributed by atoms with Gasteiger partial charge in [-0.2, -0.15) is 0 Å². The fraction of sp³-hybridized carbons (Fsp3) is 0.303. The largest absolute Gasteiger partial charge is 0.445 e. The van der Waals surface area contributed by atoms with Gasteiger partial charge in [-0.05, 0) is 36.0 Å². The maximum Gasteiger partial charge on any atom is 0.407 e. The molecule has 0 bridgehead atoms. The maximum atomic E-state index is 13.4. The van der Waals surface area contributed by atoms with Crippen LogP contribution in [0.1, 0.15) is 29.5 Å². The Kier molecular flexibility index (Phi) is 11.4. The highest BCUT2D eigenvalue weighted by molar-refractivity contribution is 5.94. The number of ether oxygens (including phenoxy) is 1. The molecule has 1 fully saturated rings. The molecule has 10 heteroatoms. The van der Waals surface area contributed by atoms with E-state index in [2.05, 4.69) is 16.0 Å². The van der Waals surface area contributed by atoms with Crippen LogP contribution >= 0.6 is 0 Å². The number of carbonyl (C=O) groups excluding carboxylic acids is 5. The second kappa shape index (κ2) is 15.9. The number of carbonyl (C=O) groups is 5. The topological polar surface area (TPSA) is 134 Å². The van der Waals surface area contributed by atoms with E-state index in [4.69, 9.17) is 4.74 Å². The summed E-state index contributed by atoms with van der Waals surface area (Å²) in [5.74, 6) is -1.40. The summed E-state index contributed by atoms with van der Waals surface area (Å²) in [5, 5.41) is 8.02. The number of nitrogens with one attached hydrogen (secondary N) is 3. The summed E-state index contributed by atoms with van der Waals surface area (Å²) in [7, 11) is 0. The van der Waals surface area contributed by atoms with Crippen molar-refractivity contribution in [3.63, 3.8) is 0 Å². The van der Waals surface area contributed by atoms with Crippen molar-refractivity contribution in [2.75, 3.05) is 13.1 Å². The van der Waals surface area contributed by atoms with Gasteiger partial charge in [0.05, 0.1) is 6.04 Å². The Morgan fingerprint density at radius 2 is 1.40 bits per heavy atom. The molecule has 0 aliphatic carbocycles. The van der Waals surface area contributed by atoms with Crippen LogP contribution in [-0.4, -0.2) is 66.2 Å². The average molecular weight is 585 g/mol. The molecule has 1 aliphatic heterocycles. The number of hydrogen-bond acceptors (Lipinski definition) is 6.